The van der Waals surface area contributed by atoms with Crippen LogP contribution >= 0.6 is 11.6 Å². The minimum absolute atomic E-state index is 0.0384. The Labute approximate surface area is 163 Å². The monoisotopic (exact) mass is 379 g/mol. The molecule has 1 amide bonds. The molecule has 0 bridgehead atoms. The predicted molar refractivity (Wildman–Crippen MR) is 105 cm³/mol. The van der Waals surface area contributed by atoms with Crippen LogP contribution in [-0.2, 0) is 11.3 Å². The average Bonchev–Trinajstić information content (AvgIpc) is 2.69. The summed E-state index contributed by atoms with van der Waals surface area (Å²) in [5.41, 5.74) is 2.22. The Morgan fingerprint density at radius 2 is 1.52 bits per heavy atom. The minimum Gasteiger partial charge on any atom is -0.344 e. The van der Waals surface area contributed by atoms with E-state index in [4.69, 9.17) is 11.6 Å². The van der Waals surface area contributed by atoms with Gasteiger partial charge in [0.1, 0.15) is 0 Å². The number of rotatable bonds is 6. The summed E-state index contributed by atoms with van der Waals surface area (Å²) in [6, 6.07) is 19.8. The average molecular weight is 380 g/mol. The van der Waals surface area contributed by atoms with Crippen molar-refractivity contribution in [2.75, 3.05) is 0 Å². The predicted octanol–water partition coefficient (Wildman–Crippen LogP) is 3.74. The zero-order valence-corrected chi connectivity index (χ0v) is 15.7. The number of aromatic nitrogens is 1. The molecule has 0 radical (unpaired) electrons. The van der Waals surface area contributed by atoms with Crippen LogP contribution in [0.3, 0.4) is 0 Å². The van der Waals surface area contributed by atoms with Crippen LogP contribution in [0, 0.1) is 0 Å². The number of nitrogens with one attached hydrogen (secondary N) is 1. The highest BCUT2D eigenvalue weighted by atomic mass is 35.5. The van der Waals surface area contributed by atoms with E-state index >= 15 is 0 Å². The Bertz CT molecular complexity index is 923. The normalized spacial score (nSPS) is 11.6. The third-order valence-corrected chi connectivity index (χ3v) is 4.51. The van der Waals surface area contributed by atoms with Crippen molar-refractivity contribution in [2.24, 2.45) is 0 Å². The van der Waals surface area contributed by atoms with Crippen LogP contribution in [0.25, 0.3) is 0 Å². The maximum Gasteiger partial charge on any atom is 0.286 e. The third-order valence-electron chi connectivity index (χ3n) is 4.26. The van der Waals surface area contributed by atoms with Crippen molar-refractivity contribution in [2.45, 2.75) is 19.5 Å². The Balaban J connectivity index is 1.60. The first-order chi connectivity index (χ1) is 13.0. The first-order valence-electron chi connectivity index (χ1n) is 8.66. The van der Waals surface area contributed by atoms with Crippen molar-refractivity contribution >= 4 is 23.3 Å². The van der Waals surface area contributed by atoms with Crippen molar-refractivity contribution in [1.29, 1.82) is 0 Å². The van der Waals surface area contributed by atoms with Gasteiger partial charge in [0.15, 0.2) is 18.2 Å². The highest BCUT2D eigenvalue weighted by Crippen LogP contribution is 2.15. The van der Waals surface area contributed by atoms with Crippen LogP contribution in [0.15, 0.2) is 79.1 Å². The van der Waals surface area contributed by atoms with E-state index in [0.717, 1.165) is 5.56 Å². The van der Waals surface area contributed by atoms with Crippen LogP contribution in [0.4, 0.5) is 0 Å². The number of hydrogen-bond donors (Lipinski definition) is 1. The largest absolute Gasteiger partial charge is 0.344 e. The van der Waals surface area contributed by atoms with Crippen molar-refractivity contribution in [3.63, 3.8) is 0 Å². The van der Waals surface area contributed by atoms with Gasteiger partial charge in [-0.15, -0.1) is 0 Å². The number of benzene rings is 2. The molecular formula is C22H20ClN2O2+. The number of pyridine rings is 1. The first-order valence-corrected chi connectivity index (χ1v) is 9.04. The van der Waals surface area contributed by atoms with Gasteiger partial charge in [-0.1, -0.05) is 54.1 Å². The van der Waals surface area contributed by atoms with Gasteiger partial charge in [-0.2, -0.15) is 4.57 Å². The number of halogens is 1. The summed E-state index contributed by atoms with van der Waals surface area (Å²) >= 11 is 5.89. The molecule has 0 aliphatic rings. The fraction of sp³-hybridized carbons (Fsp3) is 0.136. The lowest BCUT2D eigenvalue weighted by Crippen LogP contribution is -2.43. The summed E-state index contributed by atoms with van der Waals surface area (Å²) in [5.74, 6) is -0.145. The molecule has 27 heavy (non-hydrogen) atoms. The van der Waals surface area contributed by atoms with Gasteiger partial charge in [-0.25, -0.2) is 0 Å². The summed E-state index contributed by atoms with van der Waals surface area (Å²) in [7, 11) is 0. The Kier molecular flexibility index (Phi) is 5.99. The molecule has 0 aliphatic carbocycles. The molecule has 1 N–H and O–H groups in total. The smallest absolute Gasteiger partial charge is 0.286 e. The molecule has 4 nitrogen and oxygen atoms in total. The molecule has 0 fully saturated rings. The molecule has 2 aromatic carbocycles. The number of carbonyl (C=O) groups excluding carboxylic acids is 2. The molecule has 0 saturated carbocycles. The highest BCUT2D eigenvalue weighted by Gasteiger charge is 2.15. The molecule has 3 rings (SSSR count). The van der Waals surface area contributed by atoms with E-state index in [-0.39, 0.29) is 24.3 Å². The Morgan fingerprint density at radius 1 is 0.926 bits per heavy atom. The van der Waals surface area contributed by atoms with E-state index < -0.39 is 0 Å². The van der Waals surface area contributed by atoms with Crippen LogP contribution in [-0.4, -0.2) is 11.7 Å². The fourth-order valence-corrected chi connectivity index (χ4v) is 2.88. The summed E-state index contributed by atoms with van der Waals surface area (Å²) in [5, 5.41) is 3.62. The zero-order chi connectivity index (χ0) is 19.2. The second-order valence-corrected chi connectivity index (χ2v) is 6.73. The molecule has 1 atom stereocenters. The maximum atomic E-state index is 12.4. The molecule has 3 aromatic rings. The quantitative estimate of drug-likeness (QED) is 0.524. The van der Waals surface area contributed by atoms with Gasteiger partial charge in [-0.05, 0) is 24.6 Å². The third kappa shape index (κ3) is 5.02. The van der Waals surface area contributed by atoms with E-state index in [2.05, 4.69) is 5.32 Å². The molecule has 0 unspecified atom stereocenters. The second-order valence-electron chi connectivity index (χ2n) is 6.30. The molecule has 1 aromatic heterocycles. The molecule has 0 saturated heterocycles. The Morgan fingerprint density at radius 3 is 2.15 bits per heavy atom. The summed E-state index contributed by atoms with van der Waals surface area (Å²) in [4.78, 5) is 24.7. The molecule has 1 heterocycles. The lowest BCUT2D eigenvalue weighted by atomic mass is 10.0. The van der Waals surface area contributed by atoms with Gasteiger partial charge in [0.05, 0.1) is 6.04 Å². The van der Waals surface area contributed by atoms with E-state index in [1.807, 2.05) is 37.3 Å². The van der Waals surface area contributed by atoms with Gasteiger partial charge >= 0.3 is 0 Å². The number of carbonyl (C=O) groups is 2. The van der Waals surface area contributed by atoms with Crippen molar-refractivity contribution in [3.8, 4) is 0 Å². The van der Waals surface area contributed by atoms with Crippen molar-refractivity contribution < 1.29 is 14.2 Å². The SMILES string of the molecule is C[C@H](NC(=O)C[n+]1ccc(C(=O)c2ccccc2)cc1)c1ccc(Cl)cc1. The van der Waals surface area contributed by atoms with Gasteiger partial charge in [-0.3, -0.25) is 9.59 Å². The van der Waals surface area contributed by atoms with Crippen LogP contribution in [0.1, 0.15) is 34.5 Å². The van der Waals surface area contributed by atoms with E-state index in [9.17, 15) is 9.59 Å². The molecule has 0 aliphatic heterocycles. The Hall–Kier alpha value is -2.98. The van der Waals surface area contributed by atoms with Gasteiger partial charge < -0.3 is 5.32 Å². The number of nitrogens with zero attached hydrogens (tertiary/aromatic N) is 1. The van der Waals surface area contributed by atoms with Crippen LogP contribution in [0.2, 0.25) is 5.02 Å². The van der Waals surface area contributed by atoms with Gasteiger partial charge in [0.25, 0.3) is 5.91 Å². The van der Waals surface area contributed by atoms with E-state index in [1.54, 1.807) is 53.4 Å². The lowest BCUT2D eigenvalue weighted by molar-refractivity contribution is -0.684. The molecule has 136 valence electrons. The summed E-state index contributed by atoms with van der Waals surface area (Å²) < 4.78 is 1.74. The van der Waals surface area contributed by atoms with Crippen LogP contribution in [0.5, 0.6) is 0 Å². The zero-order valence-electron chi connectivity index (χ0n) is 14.9. The van der Waals surface area contributed by atoms with Gasteiger partial charge in [0.2, 0.25) is 6.54 Å². The highest BCUT2D eigenvalue weighted by molar-refractivity contribution is 6.30. The molecule has 0 spiro atoms. The minimum atomic E-state index is -0.116. The number of hydrogen-bond acceptors (Lipinski definition) is 2. The maximum absolute atomic E-state index is 12.4. The fourth-order valence-electron chi connectivity index (χ4n) is 2.76. The summed E-state index contributed by atoms with van der Waals surface area (Å²) in [6.45, 7) is 2.10. The lowest BCUT2D eigenvalue weighted by Gasteiger charge is -2.13. The van der Waals surface area contributed by atoms with Crippen molar-refractivity contribution in [3.05, 3.63) is 101 Å². The summed E-state index contributed by atoms with van der Waals surface area (Å²) in [6.07, 6.45) is 3.48. The van der Waals surface area contributed by atoms with Crippen LogP contribution < -0.4 is 9.88 Å². The first kappa shape index (κ1) is 18.8. The second kappa shape index (κ2) is 8.60. The molecule has 5 heteroatoms. The standard InChI is InChI=1S/C22H19ClN2O2/c1-16(17-7-9-20(23)10-8-17)24-21(26)15-25-13-11-19(12-14-25)22(27)18-5-3-2-4-6-18/h2-14,16H,15H2,1H3/p+1/t16-/m0/s1. The van der Waals surface area contributed by atoms with E-state index in [0.29, 0.717) is 16.1 Å². The number of amides is 1. The topological polar surface area (TPSA) is 50.1 Å². The van der Waals surface area contributed by atoms with Gasteiger partial charge in [0, 0.05) is 28.3 Å². The number of ketones is 1. The van der Waals surface area contributed by atoms with Crippen molar-refractivity contribution in [1.82, 2.24) is 5.32 Å². The van der Waals surface area contributed by atoms with E-state index in [1.165, 1.54) is 0 Å². The molecular weight excluding hydrogens is 360 g/mol.